The smallest absolute Gasteiger partial charge is 0.240 e. The maximum atomic E-state index is 12.6. The number of H-pyrrole nitrogens is 1. The summed E-state index contributed by atoms with van der Waals surface area (Å²) in [6.07, 6.45) is 2.33. The van der Waals surface area contributed by atoms with E-state index in [1.165, 1.54) is 12.1 Å². The van der Waals surface area contributed by atoms with Crippen LogP contribution >= 0.6 is 0 Å². The van der Waals surface area contributed by atoms with Crippen LogP contribution in [0.1, 0.15) is 25.0 Å². The predicted molar refractivity (Wildman–Crippen MR) is 132 cm³/mol. The van der Waals surface area contributed by atoms with Crippen LogP contribution in [0.3, 0.4) is 0 Å². The first-order valence-corrected chi connectivity index (χ1v) is 13.1. The molecule has 10 heteroatoms. The Labute approximate surface area is 205 Å². The van der Waals surface area contributed by atoms with Gasteiger partial charge in [0.2, 0.25) is 15.9 Å². The fourth-order valence-electron chi connectivity index (χ4n) is 3.76. The van der Waals surface area contributed by atoms with E-state index in [0.717, 1.165) is 36.2 Å². The molecule has 1 aliphatic rings. The van der Waals surface area contributed by atoms with E-state index in [2.05, 4.69) is 14.9 Å². The molecule has 0 atom stereocenters. The van der Waals surface area contributed by atoms with Gasteiger partial charge in [-0.05, 0) is 31.0 Å². The zero-order chi connectivity index (χ0) is 24.7. The van der Waals surface area contributed by atoms with E-state index >= 15 is 0 Å². The third-order valence-electron chi connectivity index (χ3n) is 5.73. The third-order valence-corrected chi connectivity index (χ3v) is 7.18. The molecule has 2 N–H and O–H groups in total. The van der Waals surface area contributed by atoms with Crippen molar-refractivity contribution in [1.29, 1.82) is 0 Å². The van der Waals surface area contributed by atoms with Gasteiger partial charge in [-0.2, -0.15) is 5.10 Å². The molecule has 1 aromatic heterocycles. The van der Waals surface area contributed by atoms with Crippen LogP contribution in [0.2, 0.25) is 0 Å². The first-order valence-electron chi connectivity index (χ1n) is 11.7. The number of aromatic amines is 1. The van der Waals surface area contributed by atoms with Gasteiger partial charge in [0, 0.05) is 50.3 Å². The second kappa shape index (κ2) is 11.4. The maximum absolute atomic E-state index is 12.6. The van der Waals surface area contributed by atoms with Crippen LogP contribution in [0.4, 0.5) is 0 Å². The molecule has 0 fully saturated rings. The second-order valence-corrected chi connectivity index (χ2v) is 10.1. The van der Waals surface area contributed by atoms with E-state index in [1.807, 2.05) is 36.4 Å². The van der Waals surface area contributed by atoms with Crippen LogP contribution in [0.15, 0.2) is 59.5 Å². The van der Waals surface area contributed by atoms with E-state index in [4.69, 9.17) is 9.47 Å². The van der Waals surface area contributed by atoms with Crippen molar-refractivity contribution in [3.05, 3.63) is 60.3 Å². The number of fused-ring (bicyclic) bond motifs is 1. The molecular weight excluding hydrogens is 468 g/mol. The van der Waals surface area contributed by atoms with Crippen LogP contribution in [0.25, 0.3) is 11.3 Å². The Morgan fingerprint density at radius 3 is 2.66 bits per heavy atom. The summed E-state index contributed by atoms with van der Waals surface area (Å²) < 4.78 is 38.9. The monoisotopic (exact) mass is 498 g/mol. The summed E-state index contributed by atoms with van der Waals surface area (Å²) in [6.45, 7) is 1.58. The van der Waals surface area contributed by atoms with Gasteiger partial charge in [-0.1, -0.05) is 30.3 Å². The van der Waals surface area contributed by atoms with Crippen LogP contribution < -0.4 is 14.2 Å². The molecule has 0 unspecified atom stereocenters. The Balaban J connectivity index is 1.21. The van der Waals surface area contributed by atoms with Crippen molar-refractivity contribution < 1.29 is 22.7 Å². The number of hydrogen-bond donors (Lipinski definition) is 2. The average Bonchev–Trinajstić information content (AvgIpc) is 3.20. The van der Waals surface area contributed by atoms with Crippen molar-refractivity contribution in [2.24, 2.45) is 0 Å². The summed E-state index contributed by atoms with van der Waals surface area (Å²) in [6, 6.07) is 16.5. The Morgan fingerprint density at radius 1 is 1.09 bits per heavy atom. The van der Waals surface area contributed by atoms with Gasteiger partial charge >= 0.3 is 0 Å². The summed E-state index contributed by atoms with van der Waals surface area (Å²) in [5, 5.41) is 7.40. The highest BCUT2D eigenvalue weighted by atomic mass is 32.2. The lowest BCUT2D eigenvalue weighted by Gasteiger charge is -2.17. The Bertz CT molecular complexity index is 1240. The standard InChI is InChI=1S/C25H30N4O5S/c1-29(14-5-9-20-17-22(28-27-20)19-7-3-2-4-8-19)25(30)12-13-26-35(31,32)21-10-11-23-24(18-21)34-16-6-15-33-23/h2-4,7-8,10-11,17-18,26H,5-6,9,12-16H2,1H3,(H,27,28). The van der Waals surface area contributed by atoms with Gasteiger partial charge in [-0.25, -0.2) is 13.1 Å². The molecule has 2 heterocycles. The summed E-state index contributed by atoms with van der Waals surface area (Å²) >= 11 is 0. The van der Waals surface area contributed by atoms with E-state index < -0.39 is 10.0 Å². The summed E-state index contributed by atoms with van der Waals surface area (Å²) in [4.78, 5) is 14.2. The molecule has 2 aromatic carbocycles. The molecule has 35 heavy (non-hydrogen) atoms. The number of amides is 1. The molecule has 186 valence electrons. The van der Waals surface area contributed by atoms with Crippen molar-refractivity contribution in [2.75, 3.05) is 33.4 Å². The lowest BCUT2D eigenvalue weighted by atomic mass is 10.1. The minimum Gasteiger partial charge on any atom is -0.490 e. The minimum atomic E-state index is -3.77. The number of ether oxygens (including phenoxy) is 2. The van der Waals surface area contributed by atoms with Crippen LogP contribution in [-0.4, -0.2) is 62.8 Å². The topological polar surface area (TPSA) is 114 Å². The number of sulfonamides is 1. The molecule has 0 bridgehead atoms. The minimum absolute atomic E-state index is 0.0148. The van der Waals surface area contributed by atoms with E-state index in [9.17, 15) is 13.2 Å². The van der Waals surface area contributed by atoms with Gasteiger partial charge in [0.25, 0.3) is 0 Å². The summed E-state index contributed by atoms with van der Waals surface area (Å²) in [5.74, 6) is 0.819. The lowest BCUT2D eigenvalue weighted by Crippen LogP contribution is -2.32. The van der Waals surface area contributed by atoms with Crippen LogP contribution in [-0.2, 0) is 21.2 Å². The first-order chi connectivity index (χ1) is 16.9. The van der Waals surface area contributed by atoms with E-state index in [0.29, 0.717) is 31.3 Å². The number of nitrogens with one attached hydrogen (secondary N) is 2. The predicted octanol–water partition coefficient (Wildman–Crippen LogP) is 3.00. The molecule has 0 saturated carbocycles. The Morgan fingerprint density at radius 2 is 1.86 bits per heavy atom. The van der Waals surface area contributed by atoms with Crippen LogP contribution in [0.5, 0.6) is 11.5 Å². The van der Waals surface area contributed by atoms with E-state index in [-0.39, 0.29) is 23.8 Å². The number of aryl methyl sites for hydroxylation is 1. The number of benzene rings is 2. The van der Waals surface area contributed by atoms with Crippen molar-refractivity contribution in [3.63, 3.8) is 0 Å². The summed E-state index contributed by atoms with van der Waals surface area (Å²) in [5.41, 5.74) is 2.95. The van der Waals surface area contributed by atoms with Gasteiger partial charge in [0.1, 0.15) is 0 Å². The number of rotatable bonds is 10. The number of hydrogen-bond acceptors (Lipinski definition) is 6. The van der Waals surface area contributed by atoms with E-state index in [1.54, 1.807) is 18.0 Å². The third kappa shape index (κ3) is 6.61. The number of nitrogens with zero attached hydrogens (tertiary/aromatic N) is 2. The highest BCUT2D eigenvalue weighted by Gasteiger charge is 2.19. The SMILES string of the molecule is CN(CCCc1cc(-c2ccccc2)n[nH]1)C(=O)CCNS(=O)(=O)c1ccc2c(c1)OCCCO2. The summed E-state index contributed by atoms with van der Waals surface area (Å²) in [7, 11) is -2.04. The molecule has 3 aromatic rings. The molecule has 1 amide bonds. The highest BCUT2D eigenvalue weighted by molar-refractivity contribution is 7.89. The highest BCUT2D eigenvalue weighted by Crippen LogP contribution is 2.31. The van der Waals surface area contributed by atoms with Crippen LogP contribution in [0, 0.1) is 0 Å². The quantitative estimate of drug-likeness (QED) is 0.444. The maximum Gasteiger partial charge on any atom is 0.240 e. The van der Waals surface area contributed by atoms with Crippen molar-refractivity contribution >= 4 is 15.9 Å². The average molecular weight is 499 g/mol. The molecule has 0 aliphatic carbocycles. The molecule has 9 nitrogen and oxygen atoms in total. The zero-order valence-electron chi connectivity index (χ0n) is 19.7. The molecule has 0 spiro atoms. The molecule has 0 radical (unpaired) electrons. The first kappa shape index (κ1) is 24.7. The van der Waals surface area contributed by atoms with Gasteiger partial charge < -0.3 is 14.4 Å². The number of carbonyl (C=O) groups excluding carboxylic acids is 1. The molecule has 0 saturated heterocycles. The normalized spacial score (nSPS) is 13.3. The van der Waals surface area contributed by atoms with Gasteiger partial charge in [-0.3, -0.25) is 9.89 Å². The second-order valence-electron chi connectivity index (χ2n) is 8.37. The molecule has 4 rings (SSSR count). The van der Waals surface area contributed by atoms with Crippen molar-refractivity contribution in [1.82, 2.24) is 19.8 Å². The Hall–Kier alpha value is -3.37. The number of carbonyl (C=O) groups is 1. The van der Waals surface area contributed by atoms with Gasteiger partial charge in [0.05, 0.1) is 23.8 Å². The molecular formula is C25H30N4O5S. The Kier molecular flexibility index (Phi) is 8.04. The van der Waals surface area contributed by atoms with Crippen molar-refractivity contribution in [2.45, 2.75) is 30.6 Å². The fourth-order valence-corrected chi connectivity index (χ4v) is 4.80. The van der Waals surface area contributed by atoms with Gasteiger partial charge in [0.15, 0.2) is 11.5 Å². The zero-order valence-corrected chi connectivity index (χ0v) is 20.5. The lowest BCUT2D eigenvalue weighted by molar-refractivity contribution is -0.129. The van der Waals surface area contributed by atoms with Gasteiger partial charge in [-0.15, -0.1) is 0 Å². The largest absolute Gasteiger partial charge is 0.490 e. The molecule has 1 aliphatic heterocycles. The van der Waals surface area contributed by atoms with Crippen molar-refractivity contribution in [3.8, 4) is 22.8 Å². The fraction of sp³-hybridized carbons (Fsp3) is 0.360. The number of aromatic nitrogens is 2.